The second kappa shape index (κ2) is 9.26. The van der Waals surface area contributed by atoms with E-state index in [1.807, 2.05) is 0 Å². The number of likely N-dealkylation sites (N-methyl/N-ethyl adjacent to an activating group) is 1. The average molecular weight is 421 g/mol. The lowest BCUT2D eigenvalue weighted by Gasteiger charge is -2.29. The van der Waals surface area contributed by atoms with E-state index in [0.717, 1.165) is 25.9 Å². The maximum Gasteiger partial charge on any atom is 0.257 e. The van der Waals surface area contributed by atoms with E-state index >= 15 is 0 Å². The van der Waals surface area contributed by atoms with Crippen LogP contribution < -0.4 is 10.2 Å². The smallest absolute Gasteiger partial charge is 0.257 e. The summed E-state index contributed by atoms with van der Waals surface area (Å²) in [6, 6.07) is 8.33. The Bertz CT molecular complexity index is 869. The molecule has 0 saturated carbocycles. The van der Waals surface area contributed by atoms with Gasteiger partial charge in [-0.15, -0.1) is 0 Å². The second-order valence-corrected chi connectivity index (χ2v) is 7.57. The molecule has 1 aromatic heterocycles. The number of halogens is 2. The SMILES string of the molecule is CN(CC(=O)Nc1ccc(Cl)c(Cl)c1)C(=O)c1cccnc1N1CCCCC1. The molecule has 28 heavy (non-hydrogen) atoms. The van der Waals surface area contributed by atoms with Gasteiger partial charge in [-0.2, -0.15) is 0 Å². The van der Waals surface area contributed by atoms with Gasteiger partial charge in [-0.3, -0.25) is 9.59 Å². The highest BCUT2D eigenvalue weighted by molar-refractivity contribution is 6.42. The minimum absolute atomic E-state index is 0.0899. The third-order valence-electron chi connectivity index (χ3n) is 4.60. The van der Waals surface area contributed by atoms with Crippen molar-refractivity contribution in [2.75, 3.05) is 36.9 Å². The lowest BCUT2D eigenvalue weighted by molar-refractivity contribution is -0.116. The molecule has 0 aliphatic carbocycles. The Morgan fingerprint density at radius 1 is 1.14 bits per heavy atom. The number of piperidine rings is 1. The summed E-state index contributed by atoms with van der Waals surface area (Å²) in [5, 5.41) is 3.49. The third-order valence-corrected chi connectivity index (χ3v) is 5.34. The summed E-state index contributed by atoms with van der Waals surface area (Å²) >= 11 is 11.8. The van der Waals surface area contributed by atoms with Gasteiger partial charge in [0.15, 0.2) is 0 Å². The lowest BCUT2D eigenvalue weighted by Crippen LogP contribution is -2.37. The van der Waals surface area contributed by atoms with E-state index in [2.05, 4.69) is 15.2 Å². The van der Waals surface area contributed by atoms with E-state index in [4.69, 9.17) is 23.2 Å². The molecule has 6 nitrogen and oxygen atoms in total. The average Bonchev–Trinajstić information content (AvgIpc) is 2.70. The van der Waals surface area contributed by atoms with E-state index in [1.165, 1.54) is 11.3 Å². The fraction of sp³-hybridized carbons (Fsp3) is 0.350. The highest BCUT2D eigenvalue weighted by atomic mass is 35.5. The first-order valence-corrected chi connectivity index (χ1v) is 9.91. The predicted octanol–water partition coefficient (Wildman–Crippen LogP) is 4.09. The molecule has 1 N–H and O–H groups in total. The van der Waals surface area contributed by atoms with Crippen molar-refractivity contribution in [3.8, 4) is 0 Å². The van der Waals surface area contributed by atoms with Crippen LogP contribution in [-0.2, 0) is 4.79 Å². The summed E-state index contributed by atoms with van der Waals surface area (Å²) in [6.45, 7) is 1.69. The number of hydrogen-bond donors (Lipinski definition) is 1. The molecule has 1 aromatic carbocycles. The zero-order valence-electron chi connectivity index (χ0n) is 15.6. The van der Waals surface area contributed by atoms with Crippen LogP contribution >= 0.6 is 23.2 Å². The fourth-order valence-electron chi connectivity index (χ4n) is 3.19. The number of hydrogen-bond acceptors (Lipinski definition) is 4. The van der Waals surface area contributed by atoms with Gasteiger partial charge in [-0.25, -0.2) is 4.98 Å². The predicted molar refractivity (Wildman–Crippen MR) is 112 cm³/mol. The van der Waals surface area contributed by atoms with Crippen molar-refractivity contribution in [2.45, 2.75) is 19.3 Å². The molecule has 0 bridgehead atoms. The van der Waals surface area contributed by atoms with Crippen LogP contribution in [0.1, 0.15) is 29.6 Å². The molecule has 0 spiro atoms. The zero-order chi connectivity index (χ0) is 20.1. The molecule has 8 heteroatoms. The summed E-state index contributed by atoms with van der Waals surface area (Å²) in [4.78, 5) is 33.2. The van der Waals surface area contributed by atoms with Crippen LogP contribution in [0.4, 0.5) is 11.5 Å². The Balaban J connectivity index is 1.67. The van der Waals surface area contributed by atoms with Gasteiger partial charge in [-0.1, -0.05) is 23.2 Å². The fourth-order valence-corrected chi connectivity index (χ4v) is 3.49. The molecular formula is C20H22Cl2N4O2. The van der Waals surface area contributed by atoms with E-state index < -0.39 is 0 Å². The highest BCUT2D eigenvalue weighted by Crippen LogP contribution is 2.25. The molecule has 2 amide bonds. The molecule has 1 fully saturated rings. The van der Waals surface area contributed by atoms with Gasteiger partial charge in [0, 0.05) is 32.0 Å². The topological polar surface area (TPSA) is 65.5 Å². The molecule has 0 unspecified atom stereocenters. The molecule has 2 heterocycles. The highest BCUT2D eigenvalue weighted by Gasteiger charge is 2.23. The number of carbonyl (C=O) groups is 2. The number of rotatable bonds is 5. The standard InChI is InChI=1S/C20H22Cl2N4O2/c1-25(13-18(27)24-14-7-8-16(21)17(22)12-14)20(28)15-6-5-9-23-19(15)26-10-3-2-4-11-26/h5-9,12H,2-4,10-11,13H2,1H3,(H,24,27). The zero-order valence-corrected chi connectivity index (χ0v) is 17.1. The van der Waals surface area contributed by atoms with Crippen LogP contribution in [0.3, 0.4) is 0 Å². The van der Waals surface area contributed by atoms with Crippen LogP contribution in [0.5, 0.6) is 0 Å². The van der Waals surface area contributed by atoms with Gasteiger partial charge in [-0.05, 0) is 49.6 Å². The van der Waals surface area contributed by atoms with E-state index in [0.29, 0.717) is 27.1 Å². The first-order valence-electron chi connectivity index (χ1n) is 9.16. The summed E-state index contributed by atoms with van der Waals surface area (Å²) in [5.74, 6) is 0.125. The molecule has 0 atom stereocenters. The maximum atomic E-state index is 12.9. The van der Waals surface area contributed by atoms with Gasteiger partial charge in [0.2, 0.25) is 5.91 Å². The lowest BCUT2D eigenvalue weighted by atomic mass is 10.1. The van der Waals surface area contributed by atoms with Crippen LogP contribution in [0, 0.1) is 0 Å². The van der Waals surface area contributed by atoms with Crippen LogP contribution in [-0.4, -0.2) is 48.4 Å². The minimum Gasteiger partial charge on any atom is -0.356 e. The van der Waals surface area contributed by atoms with Crippen LogP contribution in [0.2, 0.25) is 10.0 Å². The minimum atomic E-state index is -0.322. The Hall–Kier alpha value is -2.31. The molecule has 2 aromatic rings. The van der Waals surface area contributed by atoms with Crippen molar-refractivity contribution in [1.82, 2.24) is 9.88 Å². The number of anilines is 2. The van der Waals surface area contributed by atoms with Crippen molar-refractivity contribution in [2.24, 2.45) is 0 Å². The second-order valence-electron chi connectivity index (χ2n) is 6.76. The maximum absolute atomic E-state index is 12.9. The quantitative estimate of drug-likeness (QED) is 0.790. The Morgan fingerprint density at radius 2 is 1.89 bits per heavy atom. The largest absolute Gasteiger partial charge is 0.356 e. The number of carbonyl (C=O) groups excluding carboxylic acids is 2. The van der Waals surface area contributed by atoms with Gasteiger partial charge in [0.25, 0.3) is 5.91 Å². The number of amides is 2. The van der Waals surface area contributed by atoms with E-state index in [1.54, 1.807) is 43.6 Å². The number of aromatic nitrogens is 1. The van der Waals surface area contributed by atoms with Crippen LogP contribution in [0.15, 0.2) is 36.5 Å². The van der Waals surface area contributed by atoms with E-state index in [9.17, 15) is 9.59 Å². The monoisotopic (exact) mass is 420 g/mol. The summed E-state index contributed by atoms with van der Waals surface area (Å²) in [7, 11) is 1.60. The van der Waals surface area contributed by atoms with Crippen molar-refractivity contribution < 1.29 is 9.59 Å². The van der Waals surface area contributed by atoms with Gasteiger partial charge < -0.3 is 15.1 Å². The molecule has 1 aliphatic heterocycles. The summed E-state index contributed by atoms with van der Waals surface area (Å²) < 4.78 is 0. The van der Waals surface area contributed by atoms with E-state index in [-0.39, 0.29) is 18.4 Å². The molecular weight excluding hydrogens is 399 g/mol. The van der Waals surface area contributed by atoms with Crippen molar-refractivity contribution in [1.29, 1.82) is 0 Å². The van der Waals surface area contributed by atoms with Crippen molar-refractivity contribution >= 4 is 46.5 Å². The first kappa shape index (κ1) is 20.4. The number of nitrogens with zero attached hydrogens (tertiary/aromatic N) is 3. The van der Waals surface area contributed by atoms with Gasteiger partial charge in [0.1, 0.15) is 5.82 Å². The third kappa shape index (κ3) is 4.94. The Kier molecular flexibility index (Phi) is 6.75. The number of nitrogens with one attached hydrogen (secondary N) is 1. The molecule has 3 rings (SSSR count). The Morgan fingerprint density at radius 3 is 2.61 bits per heavy atom. The van der Waals surface area contributed by atoms with Crippen molar-refractivity contribution in [3.63, 3.8) is 0 Å². The molecule has 1 aliphatic rings. The Labute approximate surface area is 174 Å². The summed E-state index contributed by atoms with van der Waals surface area (Å²) in [6.07, 6.45) is 5.07. The number of pyridine rings is 1. The summed E-state index contributed by atoms with van der Waals surface area (Å²) in [5.41, 5.74) is 1.03. The normalized spacial score (nSPS) is 13.9. The van der Waals surface area contributed by atoms with Gasteiger partial charge in [0.05, 0.1) is 22.2 Å². The molecule has 0 radical (unpaired) electrons. The molecule has 148 valence electrons. The van der Waals surface area contributed by atoms with Crippen LogP contribution in [0.25, 0.3) is 0 Å². The van der Waals surface area contributed by atoms with Gasteiger partial charge >= 0.3 is 0 Å². The number of benzene rings is 1. The first-order chi connectivity index (χ1) is 13.5. The molecule has 1 saturated heterocycles. The van der Waals surface area contributed by atoms with Crippen molar-refractivity contribution in [3.05, 3.63) is 52.1 Å².